The van der Waals surface area contributed by atoms with Crippen molar-refractivity contribution in [3.63, 3.8) is 0 Å². The Morgan fingerprint density at radius 1 is 1.00 bits per heavy atom. The van der Waals surface area contributed by atoms with Crippen LogP contribution in [-0.4, -0.2) is 61.6 Å². The molecule has 5 aromatic rings. The van der Waals surface area contributed by atoms with Gasteiger partial charge < -0.3 is 29.2 Å². The van der Waals surface area contributed by atoms with Crippen molar-refractivity contribution in [1.82, 2.24) is 24.0 Å². The third-order valence-electron chi connectivity index (χ3n) is 9.84. The largest absolute Gasteiger partial charge is 0.494 e. The molecule has 2 saturated carbocycles. The van der Waals surface area contributed by atoms with E-state index in [1.807, 2.05) is 42.3 Å². The number of aromatic nitrogens is 4. The predicted molar refractivity (Wildman–Crippen MR) is 171 cm³/mol. The van der Waals surface area contributed by atoms with E-state index < -0.39 is 0 Å². The monoisotopic (exact) mass is 604 g/mol. The fraction of sp³-hybridized carbons (Fsp3) is 0.371. The van der Waals surface area contributed by atoms with Crippen LogP contribution in [0.15, 0.2) is 54.6 Å². The normalized spacial score (nSPS) is 20.8. The molecule has 0 unspecified atom stereocenters. The summed E-state index contributed by atoms with van der Waals surface area (Å²) in [6.45, 7) is 2.95. The maximum atomic E-state index is 13.7. The van der Waals surface area contributed by atoms with Crippen LogP contribution in [0.25, 0.3) is 44.8 Å². The van der Waals surface area contributed by atoms with Gasteiger partial charge in [0.05, 0.1) is 24.0 Å². The van der Waals surface area contributed by atoms with Gasteiger partial charge in [-0.05, 0) is 92.1 Å². The molecule has 3 aliphatic rings. The molecule has 1 amide bonds. The van der Waals surface area contributed by atoms with Crippen LogP contribution >= 0.6 is 0 Å². The number of carbonyl (C=O) groups excluding carboxylic acids is 2. The van der Waals surface area contributed by atoms with Crippen molar-refractivity contribution in [1.29, 1.82) is 0 Å². The van der Waals surface area contributed by atoms with Crippen LogP contribution in [0.2, 0.25) is 0 Å². The Hall–Kier alpha value is -4.70. The van der Waals surface area contributed by atoms with Crippen LogP contribution in [-0.2, 0) is 18.4 Å². The van der Waals surface area contributed by atoms with Gasteiger partial charge in [0.25, 0.3) is 5.91 Å². The van der Waals surface area contributed by atoms with Crippen molar-refractivity contribution in [2.24, 2.45) is 24.6 Å². The Kier molecular flexibility index (Phi) is 6.46. The van der Waals surface area contributed by atoms with Crippen LogP contribution in [0, 0.1) is 11.8 Å². The second kappa shape index (κ2) is 10.4. The highest BCUT2D eigenvalue weighted by Crippen LogP contribution is 2.40. The van der Waals surface area contributed by atoms with E-state index in [2.05, 4.69) is 21.3 Å². The second-order valence-corrected chi connectivity index (χ2v) is 12.8. The zero-order valence-electron chi connectivity index (χ0n) is 25.7. The van der Waals surface area contributed by atoms with Crippen LogP contribution in [0.5, 0.6) is 11.5 Å². The lowest BCUT2D eigenvalue weighted by Gasteiger charge is -2.27. The Bertz CT molecular complexity index is 1990. The smallest absolute Gasteiger partial charge is 0.308 e. The second-order valence-electron chi connectivity index (χ2n) is 12.8. The first kappa shape index (κ1) is 27.8. The van der Waals surface area contributed by atoms with E-state index in [1.54, 1.807) is 19.2 Å². The van der Waals surface area contributed by atoms with E-state index >= 15 is 0 Å². The number of aryl methyl sites for hydroxylation is 1. The summed E-state index contributed by atoms with van der Waals surface area (Å²) >= 11 is 0. The molecule has 4 heterocycles. The minimum atomic E-state index is -0.349. The minimum Gasteiger partial charge on any atom is -0.494 e. The summed E-state index contributed by atoms with van der Waals surface area (Å²) in [5, 5.41) is 1.03. The standard InChI is InChI=1S/C35H36N6O4/c1-19(42)45-25-10-6-21(7-11-25)26-12-8-22-15-29(40(33(22)37-26)17-20-4-5-20)34-38-27-14-24(16-30(44-3)32(27)39(34)2)35(43)41-18-23-9-13-28(41)31(23)36/h6-8,10-12,14-16,20,23,28,31H,4-5,9,13,17-18,36H2,1-3H3/t23-,28-,31-/m1/s1. The summed E-state index contributed by atoms with van der Waals surface area (Å²) in [4.78, 5) is 37.2. The summed E-state index contributed by atoms with van der Waals surface area (Å²) in [5.74, 6) is 2.54. The molecule has 3 aromatic heterocycles. The first-order valence-corrected chi connectivity index (χ1v) is 15.7. The topological polar surface area (TPSA) is 118 Å². The number of rotatable bonds is 7. The molecule has 45 heavy (non-hydrogen) atoms. The highest BCUT2D eigenvalue weighted by Gasteiger charge is 2.47. The van der Waals surface area contributed by atoms with E-state index in [-0.39, 0.29) is 24.0 Å². The Balaban J connectivity index is 1.20. The number of hydrogen-bond acceptors (Lipinski definition) is 7. The molecule has 3 fully saturated rings. The summed E-state index contributed by atoms with van der Waals surface area (Å²) in [7, 11) is 3.63. The number of imidazole rings is 1. The Labute approximate surface area is 260 Å². The number of nitrogens with two attached hydrogens (primary N) is 1. The Morgan fingerprint density at radius 3 is 2.47 bits per heavy atom. The molecule has 8 rings (SSSR count). The van der Waals surface area contributed by atoms with Gasteiger partial charge in [-0.1, -0.05) is 0 Å². The van der Waals surface area contributed by atoms with E-state index in [4.69, 9.17) is 25.2 Å². The van der Waals surface area contributed by atoms with Crippen molar-refractivity contribution in [2.45, 2.75) is 51.2 Å². The predicted octanol–water partition coefficient (Wildman–Crippen LogP) is 5.16. The lowest BCUT2D eigenvalue weighted by Crippen LogP contribution is -2.41. The summed E-state index contributed by atoms with van der Waals surface area (Å²) in [6.07, 6.45) is 4.45. The summed E-state index contributed by atoms with van der Waals surface area (Å²) < 4.78 is 15.4. The van der Waals surface area contributed by atoms with Gasteiger partial charge in [-0.3, -0.25) is 9.59 Å². The number of fused-ring (bicyclic) bond motifs is 4. The quantitative estimate of drug-likeness (QED) is 0.201. The van der Waals surface area contributed by atoms with E-state index in [0.717, 1.165) is 58.7 Å². The van der Waals surface area contributed by atoms with Gasteiger partial charge in [-0.2, -0.15) is 0 Å². The third kappa shape index (κ3) is 4.66. The zero-order chi connectivity index (χ0) is 31.0. The van der Waals surface area contributed by atoms with Gasteiger partial charge in [0.2, 0.25) is 0 Å². The molecule has 2 bridgehead atoms. The molecule has 10 nitrogen and oxygen atoms in total. The van der Waals surface area contributed by atoms with E-state index in [0.29, 0.717) is 41.0 Å². The molecule has 1 saturated heterocycles. The SMILES string of the molecule is COc1cc(C(=O)N2C[C@H]3CC[C@@H]2[C@@H]3N)cc2nc(-c3cc4ccc(-c5ccc(OC(C)=O)cc5)nc4n3CC3CC3)n(C)c12. The number of amides is 1. The fourth-order valence-electron chi connectivity index (χ4n) is 7.34. The minimum absolute atomic E-state index is 0.00878. The zero-order valence-corrected chi connectivity index (χ0v) is 25.7. The van der Waals surface area contributed by atoms with Crippen molar-refractivity contribution >= 4 is 33.9 Å². The van der Waals surface area contributed by atoms with Crippen molar-refractivity contribution in [3.8, 4) is 34.3 Å². The molecule has 0 radical (unpaired) electrons. The lowest BCUT2D eigenvalue weighted by atomic mass is 10.1. The number of methoxy groups -OCH3 is 1. The molecule has 0 spiro atoms. The number of benzene rings is 2. The molecule has 230 valence electrons. The summed E-state index contributed by atoms with van der Waals surface area (Å²) in [5.41, 5.74) is 12.2. The molecule has 3 atom stereocenters. The average molecular weight is 605 g/mol. The van der Waals surface area contributed by atoms with E-state index in [1.165, 1.54) is 19.8 Å². The number of likely N-dealkylation sites (tertiary alicyclic amines) is 1. The molecular weight excluding hydrogens is 568 g/mol. The molecule has 10 heteroatoms. The van der Waals surface area contributed by atoms with Crippen LogP contribution in [0.1, 0.15) is 43.0 Å². The van der Waals surface area contributed by atoms with Gasteiger partial charge in [0.1, 0.15) is 22.7 Å². The van der Waals surface area contributed by atoms with Gasteiger partial charge >= 0.3 is 5.97 Å². The average Bonchev–Trinajstić information content (AvgIpc) is 3.44. The van der Waals surface area contributed by atoms with Crippen molar-refractivity contribution < 1.29 is 19.1 Å². The molecule has 2 aliphatic carbocycles. The summed E-state index contributed by atoms with van der Waals surface area (Å²) in [6, 6.07) is 17.6. The number of ether oxygens (including phenoxy) is 2. The van der Waals surface area contributed by atoms with Gasteiger partial charge in [0, 0.05) is 55.7 Å². The first-order chi connectivity index (χ1) is 21.8. The van der Waals surface area contributed by atoms with Crippen LogP contribution in [0.3, 0.4) is 0 Å². The van der Waals surface area contributed by atoms with Crippen LogP contribution < -0.4 is 15.2 Å². The Morgan fingerprint density at radius 2 is 1.80 bits per heavy atom. The fourth-order valence-corrected chi connectivity index (χ4v) is 7.34. The lowest BCUT2D eigenvalue weighted by molar-refractivity contribution is -0.131. The number of nitrogens with zero attached hydrogens (tertiary/aromatic N) is 5. The molecule has 1 aliphatic heterocycles. The number of pyridine rings is 1. The third-order valence-corrected chi connectivity index (χ3v) is 9.84. The van der Waals surface area contributed by atoms with E-state index in [9.17, 15) is 9.59 Å². The number of esters is 1. The van der Waals surface area contributed by atoms with Gasteiger partial charge in [-0.25, -0.2) is 9.97 Å². The highest BCUT2D eigenvalue weighted by atomic mass is 16.5. The molecular formula is C35H36N6O4. The van der Waals surface area contributed by atoms with Crippen molar-refractivity contribution in [2.75, 3.05) is 13.7 Å². The first-order valence-electron chi connectivity index (χ1n) is 15.7. The van der Waals surface area contributed by atoms with Gasteiger partial charge in [-0.15, -0.1) is 0 Å². The van der Waals surface area contributed by atoms with Crippen LogP contribution in [0.4, 0.5) is 0 Å². The molecule has 2 N–H and O–H groups in total. The number of hydrogen-bond donors (Lipinski definition) is 1. The van der Waals surface area contributed by atoms with Gasteiger partial charge in [0.15, 0.2) is 5.82 Å². The maximum absolute atomic E-state index is 13.7. The van der Waals surface area contributed by atoms with Crippen molar-refractivity contribution in [3.05, 3.63) is 60.2 Å². The number of carbonyl (C=O) groups is 2. The number of piperidine rings is 1. The molecule has 2 aromatic carbocycles. The highest BCUT2D eigenvalue weighted by molar-refractivity contribution is 6.00. The maximum Gasteiger partial charge on any atom is 0.308 e.